The van der Waals surface area contributed by atoms with Gasteiger partial charge >= 0.3 is 5.57 Å². The molecule has 0 unspecified atom stereocenters. The SMILES string of the molecule is O=C(CN1CCN(CCOCCO)CC1)Nc1ccc(OC(F)(F)Cl)cc1. The molecule has 1 amide bonds. The molecule has 1 aliphatic rings. The van der Waals surface area contributed by atoms with Crippen molar-refractivity contribution in [3.8, 4) is 5.75 Å². The molecule has 0 atom stereocenters. The molecule has 10 heteroatoms. The number of aliphatic hydroxyl groups excluding tert-OH is 1. The van der Waals surface area contributed by atoms with Crippen LogP contribution in [-0.2, 0) is 9.53 Å². The molecule has 0 radical (unpaired) electrons. The number of anilines is 1. The molecule has 0 aliphatic carbocycles. The van der Waals surface area contributed by atoms with Crippen molar-refractivity contribution < 1.29 is 28.2 Å². The number of rotatable bonds is 10. The van der Waals surface area contributed by atoms with Crippen LogP contribution in [0.25, 0.3) is 0 Å². The van der Waals surface area contributed by atoms with Crippen LogP contribution in [0.15, 0.2) is 24.3 Å². The van der Waals surface area contributed by atoms with E-state index < -0.39 is 5.57 Å². The number of aliphatic hydroxyl groups is 1. The number of ether oxygens (including phenoxy) is 2. The Labute approximate surface area is 161 Å². The monoisotopic (exact) mass is 407 g/mol. The van der Waals surface area contributed by atoms with Crippen LogP contribution in [0.1, 0.15) is 0 Å². The van der Waals surface area contributed by atoms with Crippen LogP contribution >= 0.6 is 11.6 Å². The van der Waals surface area contributed by atoms with E-state index in [9.17, 15) is 13.6 Å². The van der Waals surface area contributed by atoms with Crippen molar-refractivity contribution in [1.29, 1.82) is 0 Å². The number of carbonyl (C=O) groups is 1. The molecule has 152 valence electrons. The van der Waals surface area contributed by atoms with E-state index in [1.54, 1.807) is 0 Å². The van der Waals surface area contributed by atoms with Crippen molar-refractivity contribution in [1.82, 2.24) is 9.80 Å². The first kappa shape index (κ1) is 21.8. The number of nitrogens with zero attached hydrogens (tertiary/aromatic N) is 2. The molecule has 7 nitrogen and oxygen atoms in total. The van der Waals surface area contributed by atoms with E-state index in [0.29, 0.717) is 18.9 Å². The van der Waals surface area contributed by atoms with E-state index in [1.165, 1.54) is 24.3 Å². The van der Waals surface area contributed by atoms with Gasteiger partial charge in [0.05, 0.1) is 26.4 Å². The summed E-state index contributed by atoms with van der Waals surface area (Å²) < 4.78 is 34.6. The highest BCUT2D eigenvalue weighted by atomic mass is 35.5. The third kappa shape index (κ3) is 8.81. The van der Waals surface area contributed by atoms with Gasteiger partial charge in [-0.15, -0.1) is 8.78 Å². The zero-order chi connectivity index (χ0) is 19.7. The highest BCUT2D eigenvalue weighted by Crippen LogP contribution is 2.25. The number of alkyl halides is 3. The number of amides is 1. The Morgan fingerprint density at radius 1 is 1.15 bits per heavy atom. The Balaban J connectivity index is 1.67. The minimum Gasteiger partial charge on any atom is -0.420 e. The van der Waals surface area contributed by atoms with Crippen LogP contribution in [0, 0.1) is 0 Å². The minimum atomic E-state index is -3.77. The maximum atomic E-state index is 12.6. The molecular weight excluding hydrogens is 384 g/mol. The van der Waals surface area contributed by atoms with Crippen LogP contribution in [-0.4, -0.2) is 85.5 Å². The summed E-state index contributed by atoms with van der Waals surface area (Å²) in [7, 11) is 0. The summed E-state index contributed by atoms with van der Waals surface area (Å²) in [6, 6.07) is 5.56. The molecule has 2 rings (SSSR count). The fourth-order valence-electron chi connectivity index (χ4n) is 2.67. The fraction of sp³-hybridized carbons (Fsp3) is 0.588. The molecule has 1 aliphatic heterocycles. The normalized spacial score (nSPS) is 16.3. The molecule has 1 aromatic carbocycles. The van der Waals surface area contributed by atoms with Crippen molar-refractivity contribution in [2.45, 2.75) is 5.57 Å². The average Bonchev–Trinajstić information content (AvgIpc) is 2.60. The first-order chi connectivity index (χ1) is 12.9. The highest BCUT2D eigenvalue weighted by molar-refractivity contribution is 6.20. The van der Waals surface area contributed by atoms with Gasteiger partial charge in [0.1, 0.15) is 5.75 Å². The van der Waals surface area contributed by atoms with Crippen LogP contribution in [0.2, 0.25) is 0 Å². The number of halogens is 3. The maximum Gasteiger partial charge on any atom is 0.487 e. The molecule has 2 N–H and O–H groups in total. The zero-order valence-electron chi connectivity index (χ0n) is 14.9. The largest absolute Gasteiger partial charge is 0.487 e. The Bertz CT molecular complexity index is 579. The lowest BCUT2D eigenvalue weighted by Crippen LogP contribution is -2.49. The highest BCUT2D eigenvalue weighted by Gasteiger charge is 2.27. The van der Waals surface area contributed by atoms with Crippen LogP contribution in [0.4, 0.5) is 14.5 Å². The van der Waals surface area contributed by atoms with Crippen LogP contribution in [0.5, 0.6) is 5.75 Å². The van der Waals surface area contributed by atoms with Crippen molar-refractivity contribution >= 4 is 23.2 Å². The predicted molar refractivity (Wildman–Crippen MR) is 97.3 cm³/mol. The van der Waals surface area contributed by atoms with E-state index in [4.69, 9.17) is 21.4 Å². The molecule has 1 fully saturated rings. The summed E-state index contributed by atoms with van der Waals surface area (Å²) in [4.78, 5) is 16.4. The molecular formula is C17H24ClF2N3O4. The van der Waals surface area contributed by atoms with Crippen molar-refractivity contribution in [3.63, 3.8) is 0 Å². The molecule has 0 saturated carbocycles. The summed E-state index contributed by atoms with van der Waals surface area (Å²) in [6.45, 7) is 5.23. The first-order valence-electron chi connectivity index (χ1n) is 8.65. The van der Waals surface area contributed by atoms with E-state index in [-0.39, 0.29) is 24.8 Å². The number of nitrogens with one attached hydrogen (secondary N) is 1. The lowest BCUT2D eigenvalue weighted by molar-refractivity contribution is -0.117. The standard InChI is InChI=1S/C17H24ClF2N3O4/c18-17(19,20)27-15-3-1-14(2-4-15)21-16(25)13-23-7-5-22(6-8-23)9-11-26-12-10-24/h1-4,24H,5-13H2,(H,21,25). The van der Waals surface area contributed by atoms with Gasteiger partial charge in [-0.05, 0) is 24.3 Å². The molecule has 1 heterocycles. The van der Waals surface area contributed by atoms with Crippen molar-refractivity contribution in [3.05, 3.63) is 24.3 Å². The van der Waals surface area contributed by atoms with Crippen LogP contribution < -0.4 is 10.1 Å². The lowest BCUT2D eigenvalue weighted by atomic mass is 10.3. The quantitative estimate of drug-likeness (QED) is 0.451. The smallest absolute Gasteiger partial charge is 0.420 e. The van der Waals surface area contributed by atoms with Crippen LogP contribution in [0.3, 0.4) is 0 Å². The number of benzene rings is 1. The summed E-state index contributed by atoms with van der Waals surface area (Å²) in [5.41, 5.74) is -3.28. The summed E-state index contributed by atoms with van der Waals surface area (Å²) in [5.74, 6) is -0.266. The fourth-order valence-corrected chi connectivity index (χ4v) is 2.76. The molecule has 1 saturated heterocycles. The second-order valence-corrected chi connectivity index (χ2v) is 6.51. The average molecular weight is 408 g/mol. The summed E-state index contributed by atoms with van der Waals surface area (Å²) in [5, 5.41) is 11.4. The molecule has 1 aromatic rings. The van der Waals surface area contributed by atoms with Gasteiger partial charge in [-0.3, -0.25) is 14.6 Å². The molecule has 0 spiro atoms. The Morgan fingerprint density at radius 2 is 1.78 bits per heavy atom. The van der Waals surface area contributed by atoms with Gasteiger partial charge in [-0.2, -0.15) is 0 Å². The van der Waals surface area contributed by atoms with Gasteiger partial charge in [0.15, 0.2) is 0 Å². The number of piperazine rings is 1. The Kier molecular flexibility index (Phi) is 8.65. The number of hydrogen-bond donors (Lipinski definition) is 2. The number of carbonyl (C=O) groups excluding carboxylic acids is 1. The summed E-state index contributed by atoms with van der Waals surface area (Å²) >= 11 is 4.70. The lowest BCUT2D eigenvalue weighted by Gasteiger charge is -2.34. The topological polar surface area (TPSA) is 74.3 Å². The van der Waals surface area contributed by atoms with Crippen molar-refractivity contribution in [2.24, 2.45) is 0 Å². The van der Waals surface area contributed by atoms with Gasteiger partial charge in [0.25, 0.3) is 0 Å². The second kappa shape index (κ2) is 10.7. The van der Waals surface area contributed by atoms with Gasteiger partial charge in [0, 0.05) is 50.0 Å². The van der Waals surface area contributed by atoms with Gasteiger partial charge in [-0.25, -0.2) is 0 Å². The Morgan fingerprint density at radius 3 is 2.37 bits per heavy atom. The summed E-state index contributed by atoms with van der Waals surface area (Å²) in [6.07, 6.45) is 0. The first-order valence-corrected chi connectivity index (χ1v) is 9.02. The third-order valence-corrected chi connectivity index (χ3v) is 4.07. The number of hydrogen-bond acceptors (Lipinski definition) is 6. The van der Waals surface area contributed by atoms with Gasteiger partial charge < -0.3 is 19.9 Å². The van der Waals surface area contributed by atoms with Crippen molar-refractivity contribution in [2.75, 3.05) is 64.4 Å². The van der Waals surface area contributed by atoms with Gasteiger partial charge in [0.2, 0.25) is 5.91 Å². The van der Waals surface area contributed by atoms with E-state index in [2.05, 4.69) is 15.0 Å². The molecule has 0 aromatic heterocycles. The second-order valence-electron chi connectivity index (χ2n) is 6.07. The van der Waals surface area contributed by atoms with E-state index >= 15 is 0 Å². The zero-order valence-corrected chi connectivity index (χ0v) is 15.6. The minimum absolute atomic E-state index is 0.0256. The molecule has 0 bridgehead atoms. The van der Waals surface area contributed by atoms with E-state index in [1.807, 2.05) is 4.90 Å². The van der Waals surface area contributed by atoms with Gasteiger partial charge in [-0.1, -0.05) is 0 Å². The predicted octanol–water partition coefficient (Wildman–Crippen LogP) is 1.42. The maximum absolute atomic E-state index is 12.6. The third-order valence-electron chi connectivity index (χ3n) is 3.99. The molecule has 27 heavy (non-hydrogen) atoms. The van der Waals surface area contributed by atoms with E-state index in [0.717, 1.165) is 32.7 Å². The Hall–Kier alpha value is -1.52.